The number of piperazine rings is 1. The van der Waals surface area contributed by atoms with Crippen molar-refractivity contribution in [3.05, 3.63) is 35.6 Å². The van der Waals surface area contributed by atoms with Crippen molar-refractivity contribution >= 4 is 0 Å². The Morgan fingerprint density at radius 2 is 2.06 bits per heavy atom. The summed E-state index contributed by atoms with van der Waals surface area (Å²) in [6.45, 7) is 5.04. The van der Waals surface area contributed by atoms with Crippen molar-refractivity contribution in [2.75, 3.05) is 32.7 Å². The lowest BCUT2D eigenvalue weighted by Gasteiger charge is -2.24. The SMILES string of the molecule is Fc1cccc(CC#CCN2CCNCC2)c1. The standard InChI is InChI=1S/C14H17FN2/c15-14-6-3-5-13(12-14)4-1-2-9-17-10-7-16-8-11-17/h3,5-6,12,16H,4,7-11H2. The van der Waals surface area contributed by atoms with Crippen LogP contribution in [0.2, 0.25) is 0 Å². The summed E-state index contributed by atoms with van der Waals surface area (Å²) < 4.78 is 12.9. The van der Waals surface area contributed by atoms with Gasteiger partial charge in [-0.05, 0) is 17.7 Å². The molecule has 0 amide bonds. The van der Waals surface area contributed by atoms with Gasteiger partial charge in [-0.2, -0.15) is 0 Å². The van der Waals surface area contributed by atoms with Gasteiger partial charge in [0.15, 0.2) is 0 Å². The lowest BCUT2D eigenvalue weighted by Crippen LogP contribution is -2.43. The minimum Gasteiger partial charge on any atom is -0.314 e. The fraction of sp³-hybridized carbons (Fsp3) is 0.429. The number of halogens is 1. The Labute approximate surface area is 102 Å². The Morgan fingerprint density at radius 3 is 2.82 bits per heavy atom. The van der Waals surface area contributed by atoms with Crippen molar-refractivity contribution < 1.29 is 4.39 Å². The molecule has 1 aromatic carbocycles. The van der Waals surface area contributed by atoms with E-state index in [4.69, 9.17) is 0 Å². The molecular formula is C14H17FN2. The van der Waals surface area contributed by atoms with E-state index < -0.39 is 0 Å². The highest BCUT2D eigenvalue weighted by Crippen LogP contribution is 2.03. The number of nitrogens with zero attached hydrogens (tertiary/aromatic N) is 1. The van der Waals surface area contributed by atoms with Gasteiger partial charge in [0, 0.05) is 32.6 Å². The molecule has 0 aliphatic carbocycles. The van der Waals surface area contributed by atoms with Crippen molar-refractivity contribution in [2.24, 2.45) is 0 Å². The maximum absolute atomic E-state index is 12.9. The molecule has 0 radical (unpaired) electrons. The van der Waals surface area contributed by atoms with Gasteiger partial charge in [0.2, 0.25) is 0 Å². The van der Waals surface area contributed by atoms with E-state index in [2.05, 4.69) is 22.1 Å². The van der Waals surface area contributed by atoms with Gasteiger partial charge in [-0.3, -0.25) is 4.90 Å². The Hall–Kier alpha value is -1.37. The van der Waals surface area contributed by atoms with Crippen molar-refractivity contribution in [2.45, 2.75) is 6.42 Å². The average molecular weight is 232 g/mol. The van der Waals surface area contributed by atoms with Crippen LogP contribution in [0.25, 0.3) is 0 Å². The predicted molar refractivity (Wildman–Crippen MR) is 67.2 cm³/mol. The fourth-order valence-corrected chi connectivity index (χ4v) is 1.85. The van der Waals surface area contributed by atoms with E-state index in [1.807, 2.05) is 6.07 Å². The van der Waals surface area contributed by atoms with E-state index in [0.717, 1.165) is 38.3 Å². The largest absolute Gasteiger partial charge is 0.314 e. The van der Waals surface area contributed by atoms with Crippen LogP contribution in [0.5, 0.6) is 0 Å². The van der Waals surface area contributed by atoms with Gasteiger partial charge in [0.1, 0.15) is 5.82 Å². The molecule has 0 atom stereocenters. The molecule has 90 valence electrons. The topological polar surface area (TPSA) is 15.3 Å². The second-order valence-electron chi connectivity index (χ2n) is 4.19. The molecular weight excluding hydrogens is 215 g/mol. The zero-order valence-corrected chi connectivity index (χ0v) is 9.88. The Kier molecular flexibility index (Phi) is 4.54. The van der Waals surface area contributed by atoms with E-state index in [1.54, 1.807) is 12.1 Å². The second-order valence-corrected chi connectivity index (χ2v) is 4.19. The quantitative estimate of drug-likeness (QED) is 0.773. The minimum absolute atomic E-state index is 0.189. The smallest absolute Gasteiger partial charge is 0.123 e. The van der Waals surface area contributed by atoms with Crippen LogP contribution in [0.3, 0.4) is 0 Å². The van der Waals surface area contributed by atoms with Crippen molar-refractivity contribution in [3.63, 3.8) is 0 Å². The van der Waals surface area contributed by atoms with Crippen molar-refractivity contribution in [3.8, 4) is 11.8 Å². The van der Waals surface area contributed by atoms with Gasteiger partial charge in [0.25, 0.3) is 0 Å². The monoisotopic (exact) mass is 232 g/mol. The van der Waals surface area contributed by atoms with Gasteiger partial charge < -0.3 is 5.32 Å². The first kappa shape index (κ1) is 12.1. The third-order valence-electron chi connectivity index (χ3n) is 2.82. The second kappa shape index (κ2) is 6.39. The minimum atomic E-state index is -0.189. The predicted octanol–water partition coefficient (Wildman–Crippen LogP) is 1.28. The molecule has 2 rings (SSSR count). The van der Waals surface area contributed by atoms with E-state index in [1.165, 1.54) is 6.07 Å². The summed E-state index contributed by atoms with van der Waals surface area (Å²) in [4.78, 5) is 2.33. The first-order valence-electron chi connectivity index (χ1n) is 5.98. The molecule has 0 unspecified atom stereocenters. The van der Waals surface area contributed by atoms with Crippen LogP contribution in [0.1, 0.15) is 5.56 Å². The normalized spacial score (nSPS) is 16.3. The Bertz CT molecular complexity index is 414. The molecule has 0 saturated carbocycles. The maximum Gasteiger partial charge on any atom is 0.123 e. The molecule has 1 aliphatic heterocycles. The Balaban J connectivity index is 1.78. The summed E-state index contributed by atoms with van der Waals surface area (Å²) in [5.74, 6) is 6.06. The summed E-state index contributed by atoms with van der Waals surface area (Å²) in [5.41, 5.74) is 0.942. The molecule has 2 nitrogen and oxygen atoms in total. The summed E-state index contributed by atoms with van der Waals surface area (Å²) in [6.07, 6.45) is 0.629. The molecule has 0 bridgehead atoms. The molecule has 1 aromatic rings. The van der Waals surface area contributed by atoms with Crippen LogP contribution in [-0.4, -0.2) is 37.6 Å². The summed E-state index contributed by atoms with van der Waals surface area (Å²) in [6, 6.07) is 6.63. The van der Waals surface area contributed by atoms with Gasteiger partial charge in [0.05, 0.1) is 6.54 Å². The highest BCUT2D eigenvalue weighted by molar-refractivity contribution is 5.22. The van der Waals surface area contributed by atoms with Crippen LogP contribution in [0.4, 0.5) is 4.39 Å². The van der Waals surface area contributed by atoms with Crippen LogP contribution in [0, 0.1) is 17.7 Å². The summed E-state index contributed by atoms with van der Waals surface area (Å²) in [5, 5.41) is 3.31. The first-order valence-corrected chi connectivity index (χ1v) is 5.98. The van der Waals surface area contributed by atoms with Gasteiger partial charge >= 0.3 is 0 Å². The molecule has 3 heteroatoms. The molecule has 17 heavy (non-hydrogen) atoms. The maximum atomic E-state index is 12.9. The van der Waals surface area contributed by atoms with E-state index in [0.29, 0.717) is 6.42 Å². The molecule has 1 fully saturated rings. The van der Waals surface area contributed by atoms with E-state index >= 15 is 0 Å². The zero-order valence-electron chi connectivity index (χ0n) is 9.88. The third kappa shape index (κ3) is 4.18. The summed E-state index contributed by atoms with van der Waals surface area (Å²) in [7, 11) is 0. The van der Waals surface area contributed by atoms with Gasteiger partial charge in [-0.1, -0.05) is 24.0 Å². The zero-order chi connectivity index (χ0) is 11.9. The van der Waals surface area contributed by atoms with Crippen LogP contribution in [-0.2, 0) is 6.42 Å². The van der Waals surface area contributed by atoms with Gasteiger partial charge in [-0.25, -0.2) is 4.39 Å². The average Bonchev–Trinajstić information content (AvgIpc) is 2.36. The number of rotatable bonds is 2. The number of benzene rings is 1. The van der Waals surface area contributed by atoms with Gasteiger partial charge in [-0.15, -0.1) is 0 Å². The molecule has 0 spiro atoms. The van der Waals surface area contributed by atoms with Crippen LogP contribution < -0.4 is 5.32 Å². The molecule has 1 N–H and O–H groups in total. The van der Waals surface area contributed by atoms with Crippen molar-refractivity contribution in [1.29, 1.82) is 0 Å². The third-order valence-corrected chi connectivity index (χ3v) is 2.82. The lowest BCUT2D eigenvalue weighted by molar-refractivity contribution is 0.268. The van der Waals surface area contributed by atoms with E-state index in [-0.39, 0.29) is 5.82 Å². The molecule has 0 aromatic heterocycles. The van der Waals surface area contributed by atoms with Crippen LogP contribution >= 0.6 is 0 Å². The van der Waals surface area contributed by atoms with E-state index in [9.17, 15) is 4.39 Å². The highest BCUT2D eigenvalue weighted by Gasteiger charge is 2.06. The number of hydrogen-bond acceptors (Lipinski definition) is 2. The van der Waals surface area contributed by atoms with Crippen LogP contribution in [0.15, 0.2) is 24.3 Å². The highest BCUT2D eigenvalue weighted by atomic mass is 19.1. The number of nitrogens with one attached hydrogen (secondary N) is 1. The Morgan fingerprint density at radius 1 is 1.24 bits per heavy atom. The fourth-order valence-electron chi connectivity index (χ4n) is 1.85. The van der Waals surface area contributed by atoms with Crippen molar-refractivity contribution in [1.82, 2.24) is 10.2 Å². The molecule has 1 aliphatic rings. The first-order chi connectivity index (χ1) is 8.34. The molecule has 1 saturated heterocycles. The number of hydrogen-bond donors (Lipinski definition) is 1. The molecule has 1 heterocycles. The summed E-state index contributed by atoms with van der Waals surface area (Å²) >= 11 is 0. The lowest BCUT2D eigenvalue weighted by atomic mass is 10.1.